The molecule has 0 saturated carbocycles. The molecule has 0 aromatic heterocycles. The average molecular weight is 546 g/mol. The molecule has 9 heteroatoms. The number of benzene rings is 2. The minimum absolute atomic E-state index is 0. The number of nitrogens with zero attached hydrogens (tertiary/aromatic N) is 2. The van der Waals surface area contributed by atoms with Crippen molar-refractivity contribution in [3.05, 3.63) is 65.7 Å². The van der Waals surface area contributed by atoms with E-state index in [1.165, 1.54) is 18.4 Å². The molecule has 0 saturated heterocycles. The summed E-state index contributed by atoms with van der Waals surface area (Å²) in [7, 11) is -0.427. The van der Waals surface area contributed by atoms with E-state index in [1.807, 2.05) is 37.3 Å². The number of rotatable bonds is 8. The molecule has 0 fully saturated rings. The van der Waals surface area contributed by atoms with Gasteiger partial charge in [-0.25, -0.2) is 17.7 Å². The Bertz CT molecular complexity index is 915. The van der Waals surface area contributed by atoms with Gasteiger partial charge in [-0.15, -0.1) is 24.0 Å². The van der Waals surface area contributed by atoms with Crippen LogP contribution in [0.1, 0.15) is 25.0 Å². The molecule has 0 aliphatic heterocycles. The first-order valence-corrected chi connectivity index (χ1v) is 10.9. The predicted molar refractivity (Wildman–Crippen MR) is 132 cm³/mol. The number of halogens is 1. The Morgan fingerprint density at radius 2 is 1.67 bits per heavy atom. The second kappa shape index (κ2) is 11.6. The van der Waals surface area contributed by atoms with Gasteiger partial charge in [0.25, 0.3) is 0 Å². The molecule has 0 spiro atoms. The lowest BCUT2D eigenvalue weighted by molar-refractivity contribution is 0.0617. The van der Waals surface area contributed by atoms with E-state index in [2.05, 4.69) is 15.6 Å². The number of hydrogen-bond donors (Lipinski definition) is 3. The second-order valence-electron chi connectivity index (χ2n) is 7.12. The van der Waals surface area contributed by atoms with Crippen molar-refractivity contribution < 1.29 is 13.5 Å². The first-order valence-electron chi connectivity index (χ1n) is 9.48. The summed E-state index contributed by atoms with van der Waals surface area (Å²) in [4.78, 5) is 4.78. The summed E-state index contributed by atoms with van der Waals surface area (Å²) in [5.41, 5.74) is 0.662. The van der Waals surface area contributed by atoms with Crippen LogP contribution in [0.2, 0.25) is 0 Å². The largest absolute Gasteiger partial charge is 0.384 e. The molecular weight excluding hydrogens is 515 g/mol. The summed E-state index contributed by atoms with van der Waals surface area (Å²) in [6, 6.07) is 16.1. The molecule has 0 amide bonds. The molecular formula is C21H31IN4O3S. The van der Waals surface area contributed by atoms with E-state index < -0.39 is 15.6 Å². The number of guanidine groups is 1. The smallest absolute Gasteiger partial charge is 0.242 e. The van der Waals surface area contributed by atoms with Gasteiger partial charge in [0, 0.05) is 20.6 Å². The first-order chi connectivity index (χ1) is 13.7. The van der Waals surface area contributed by atoms with Gasteiger partial charge in [-0.05, 0) is 37.1 Å². The molecule has 2 aromatic rings. The molecule has 30 heavy (non-hydrogen) atoms. The summed E-state index contributed by atoms with van der Waals surface area (Å²) in [5.74, 6) is 0.577. The van der Waals surface area contributed by atoms with Gasteiger partial charge in [0.15, 0.2) is 5.96 Å². The minimum atomic E-state index is -3.44. The van der Waals surface area contributed by atoms with Crippen molar-refractivity contribution in [3.8, 4) is 0 Å². The van der Waals surface area contributed by atoms with E-state index in [9.17, 15) is 13.5 Å². The van der Waals surface area contributed by atoms with Crippen LogP contribution in [0, 0.1) is 0 Å². The molecule has 0 heterocycles. The van der Waals surface area contributed by atoms with Gasteiger partial charge in [0.05, 0.1) is 18.0 Å². The van der Waals surface area contributed by atoms with E-state index in [1.54, 1.807) is 31.2 Å². The minimum Gasteiger partial charge on any atom is -0.384 e. The summed E-state index contributed by atoms with van der Waals surface area (Å²) < 4.78 is 25.5. The maximum absolute atomic E-state index is 12.1. The van der Waals surface area contributed by atoms with E-state index in [4.69, 9.17) is 0 Å². The number of nitrogens with one attached hydrogen (secondary N) is 2. The van der Waals surface area contributed by atoms with Crippen LogP contribution in [0.4, 0.5) is 0 Å². The van der Waals surface area contributed by atoms with Gasteiger partial charge < -0.3 is 15.7 Å². The molecule has 0 aliphatic rings. The average Bonchev–Trinajstić information content (AvgIpc) is 2.71. The molecule has 166 valence electrons. The summed E-state index contributed by atoms with van der Waals surface area (Å²) in [6.45, 7) is 5.07. The third-order valence-electron chi connectivity index (χ3n) is 4.46. The fourth-order valence-electron chi connectivity index (χ4n) is 2.64. The highest BCUT2D eigenvalue weighted by molar-refractivity contribution is 14.0. The highest BCUT2D eigenvalue weighted by Crippen LogP contribution is 2.19. The molecule has 3 N–H and O–H groups in total. The molecule has 2 rings (SSSR count). The maximum atomic E-state index is 12.1. The van der Waals surface area contributed by atoms with Gasteiger partial charge >= 0.3 is 0 Å². The van der Waals surface area contributed by atoms with Crippen LogP contribution in [-0.2, 0) is 22.2 Å². The van der Waals surface area contributed by atoms with Crippen molar-refractivity contribution in [2.45, 2.75) is 30.9 Å². The first kappa shape index (κ1) is 26.3. The van der Waals surface area contributed by atoms with E-state index in [0.717, 1.165) is 11.1 Å². The molecule has 1 atom stereocenters. The van der Waals surface area contributed by atoms with Crippen molar-refractivity contribution in [1.82, 2.24) is 14.9 Å². The molecule has 7 nitrogen and oxygen atoms in total. The third kappa shape index (κ3) is 7.22. The van der Waals surface area contributed by atoms with Gasteiger partial charge in [-0.1, -0.05) is 42.5 Å². The maximum Gasteiger partial charge on any atom is 0.242 e. The van der Waals surface area contributed by atoms with Crippen LogP contribution in [0.3, 0.4) is 0 Å². The molecule has 2 aromatic carbocycles. The van der Waals surface area contributed by atoms with Crippen LogP contribution < -0.4 is 10.6 Å². The summed E-state index contributed by atoms with van der Waals surface area (Å²) >= 11 is 0. The Morgan fingerprint density at radius 1 is 1.07 bits per heavy atom. The van der Waals surface area contributed by atoms with Gasteiger partial charge in [-0.2, -0.15) is 0 Å². The van der Waals surface area contributed by atoms with Crippen LogP contribution in [0.15, 0.2) is 64.5 Å². The van der Waals surface area contributed by atoms with Crippen LogP contribution in [-0.4, -0.2) is 51.0 Å². The topological polar surface area (TPSA) is 94.0 Å². The lowest BCUT2D eigenvalue weighted by atomic mass is 9.96. The number of hydrogen-bond acceptors (Lipinski definition) is 4. The lowest BCUT2D eigenvalue weighted by Gasteiger charge is -2.25. The number of aliphatic imine (C=N–C) groups is 1. The summed E-state index contributed by atoms with van der Waals surface area (Å²) in [6.07, 6.45) is 0. The monoisotopic (exact) mass is 546 g/mol. The van der Waals surface area contributed by atoms with Crippen LogP contribution in [0.25, 0.3) is 0 Å². The third-order valence-corrected chi connectivity index (χ3v) is 6.29. The SMILES string of the molecule is CCNC(=NCc1ccc(S(=O)(=O)N(C)C)cc1)NCC(C)(O)c1ccccc1.I. The Balaban J connectivity index is 0.00000450. The molecule has 0 aliphatic carbocycles. The standard InChI is InChI=1S/C21H30N4O3S.HI/c1-5-22-20(24-16-21(2,26)18-9-7-6-8-10-18)23-15-17-11-13-19(14-12-17)29(27,28)25(3)4;/h6-14,26H,5,15-16H2,1-4H3,(H2,22,23,24);1H. The normalized spacial score (nSPS) is 14.0. The number of aliphatic hydroxyl groups is 1. The van der Waals surface area contributed by atoms with Crippen molar-refractivity contribution in [3.63, 3.8) is 0 Å². The predicted octanol–water partition coefficient (Wildman–Crippen LogP) is 2.52. The quantitative estimate of drug-likeness (QED) is 0.269. The molecule has 1 unspecified atom stereocenters. The fourth-order valence-corrected chi connectivity index (χ4v) is 3.55. The Kier molecular flexibility index (Phi) is 10.2. The van der Waals surface area contributed by atoms with Crippen LogP contribution in [0.5, 0.6) is 0 Å². The van der Waals surface area contributed by atoms with Crippen molar-refractivity contribution in [2.75, 3.05) is 27.2 Å². The summed E-state index contributed by atoms with van der Waals surface area (Å²) in [5, 5.41) is 17.1. The van der Waals surface area contributed by atoms with Crippen LogP contribution >= 0.6 is 24.0 Å². The molecule has 0 bridgehead atoms. The number of sulfonamides is 1. The Morgan fingerprint density at radius 3 is 2.20 bits per heavy atom. The van der Waals surface area contributed by atoms with Crippen molar-refractivity contribution in [1.29, 1.82) is 0 Å². The second-order valence-corrected chi connectivity index (χ2v) is 9.27. The highest BCUT2D eigenvalue weighted by atomic mass is 127. The molecule has 0 radical (unpaired) electrons. The Labute approximate surface area is 196 Å². The van der Waals surface area contributed by atoms with Gasteiger partial charge in [0.1, 0.15) is 5.60 Å². The Hall–Kier alpha value is -1.69. The van der Waals surface area contributed by atoms with Crippen molar-refractivity contribution >= 4 is 40.0 Å². The zero-order valence-corrected chi connectivity index (χ0v) is 20.9. The lowest BCUT2D eigenvalue weighted by Crippen LogP contribution is -2.44. The van der Waals surface area contributed by atoms with Gasteiger partial charge in [-0.3, -0.25) is 0 Å². The van der Waals surface area contributed by atoms with Gasteiger partial charge in [0.2, 0.25) is 10.0 Å². The zero-order valence-electron chi connectivity index (χ0n) is 17.8. The highest BCUT2D eigenvalue weighted by Gasteiger charge is 2.23. The van der Waals surface area contributed by atoms with Crippen molar-refractivity contribution in [2.24, 2.45) is 4.99 Å². The zero-order chi connectivity index (χ0) is 21.5. The van der Waals surface area contributed by atoms with E-state index in [-0.39, 0.29) is 28.9 Å². The van der Waals surface area contributed by atoms with E-state index >= 15 is 0 Å². The van der Waals surface area contributed by atoms with E-state index in [0.29, 0.717) is 25.6 Å². The fraction of sp³-hybridized carbons (Fsp3) is 0.381.